The number of piperidine rings is 1. The Labute approximate surface area is 102 Å². The summed E-state index contributed by atoms with van der Waals surface area (Å²) in [6.07, 6.45) is -2.48. The van der Waals surface area contributed by atoms with Crippen molar-refractivity contribution in [2.45, 2.75) is 45.3 Å². The lowest BCUT2D eigenvalue weighted by Crippen LogP contribution is -2.42. The van der Waals surface area contributed by atoms with Crippen LogP contribution >= 0.6 is 0 Å². The van der Waals surface area contributed by atoms with E-state index in [1.165, 1.54) is 0 Å². The molecule has 0 aromatic carbocycles. The van der Waals surface area contributed by atoms with Crippen LogP contribution in [0.25, 0.3) is 0 Å². The summed E-state index contributed by atoms with van der Waals surface area (Å²) in [7, 11) is 0. The van der Waals surface area contributed by atoms with E-state index < -0.39 is 12.6 Å². The third-order valence-corrected chi connectivity index (χ3v) is 3.30. The predicted molar refractivity (Wildman–Crippen MR) is 63.0 cm³/mol. The quantitative estimate of drug-likeness (QED) is 0.809. The van der Waals surface area contributed by atoms with Crippen LogP contribution in [0.5, 0.6) is 0 Å². The molecule has 1 heterocycles. The van der Waals surface area contributed by atoms with Crippen LogP contribution in [0.1, 0.15) is 33.1 Å². The van der Waals surface area contributed by atoms with Crippen LogP contribution in [0, 0.1) is 5.92 Å². The first kappa shape index (κ1) is 14.8. The van der Waals surface area contributed by atoms with E-state index in [1.54, 1.807) is 0 Å². The van der Waals surface area contributed by atoms with Gasteiger partial charge in [-0.15, -0.1) is 0 Å². The first-order valence-corrected chi connectivity index (χ1v) is 6.40. The van der Waals surface area contributed by atoms with Crippen LogP contribution in [-0.2, 0) is 0 Å². The molecule has 5 heteroatoms. The molecule has 1 aliphatic rings. The number of alkyl halides is 3. The Kier molecular flexibility index (Phi) is 5.73. The molecule has 1 unspecified atom stereocenters. The molecular formula is C12H23F3N2. The molecule has 1 N–H and O–H groups in total. The minimum Gasteiger partial charge on any atom is -0.316 e. The lowest BCUT2D eigenvalue weighted by atomic mass is 9.98. The average molecular weight is 252 g/mol. The summed E-state index contributed by atoms with van der Waals surface area (Å²) < 4.78 is 36.7. The summed E-state index contributed by atoms with van der Waals surface area (Å²) in [5, 5.41) is 3.30. The van der Waals surface area contributed by atoms with Crippen LogP contribution in [0.3, 0.4) is 0 Å². The Bertz CT molecular complexity index is 210. The largest absolute Gasteiger partial charge is 0.390 e. The Balaban J connectivity index is 2.37. The summed E-state index contributed by atoms with van der Waals surface area (Å²) in [5.74, 6) is 0.499. The molecule has 0 bridgehead atoms. The van der Waals surface area contributed by atoms with Crippen molar-refractivity contribution < 1.29 is 13.2 Å². The fraction of sp³-hybridized carbons (Fsp3) is 1.00. The van der Waals surface area contributed by atoms with Gasteiger partial charge in [0.1, 0.15) is 0 Å². The highest BCUT2D eigenvalue weighted by molar-refractivity contribution is 4.75. The molecule has 1 rings (SSSR count). The van der Waals surface area contributed by atoms with E-state index >= 15 is 0 Å². The second-order valence-corrected chi connectivity index (χ2v) is 5.17. The van der Waals surface area contributed by atoms with Crippen molar-refractivity contribution in [1.29, 1.82) is 0 Å². The maximum Gasteiger partial charge on any atom is 0.390 e. The van der Waals surface area contributed by atoms with Crippen molar-refractivity contribution in [2.24, 2.45) is 5.92 Å². The second kappa shape index (κ2) is 6.59. The topological polar surface area (TPSA) is 15.3 Å². The normalized spacial score (nSPS) is 22.4. The van der Waals surface area contributed by atoms with E-state index in [4.69, 9.17) is 0 Å². The lowest BCUT2D eigenvalue weighted by molar-refractivity contribution is -0.139. The molecule has 1 saturated heterocycles. The molecule has 0 spiro atoms. The minimum absolute atomic E-state index is 0.123. The zero-order valence-electron chi connectivity index (χ0n) is 10.7. The summed E-state index contributed by atoms with van der Waals surface area (Å²) in [4.78, 5) is 1.95. The van der Waals surface area contributed by atoms with Gasteiger partial charge in [-0.05, 0) is 45.7 Å². The Morgan fingerprint density at radius 1 is 1.35 bits per heavy atom. The highest BCUT2D eigenvalue weighted by atomic mass is 19.4. The molecule has 102 valence electrons. The van der Waals surface area contributed by atoms with Gasteiger partial charge in [0.2, 0.25) is 0 Å². The molecule has 0 aliphatic carbocycles. The van der Waals surface area contributed by atoms with Gasteiger partial charge in [0.25, 0.3) is 0 Å². The molecule has 0 saturated carbocycles. The molecule has 0 aromatic heterocycles. The smallest absolute Gasteiger partial charge is 0.316 e. The van der Waals surface area contributed by atoms with Crippen molar-refractivity contribution in [3.63, 3.8) is 0 Å². The maximum atomic E-state index is 12.2. The third kappa shape index (κ3) is 6.27. The average Bonchev–Trinajstić information content (AvgIpc) is 2.24. The number of rotatable bonds is 5. The molecule has 17 heavy (non-hydrogen) atoms. The monoisotopic (exact) mass is 252 g/mol. The predicted octanol–water partition coefficient (Wildman–Crippen LogP) is 2.65. The second-order valence-electron chi connectivity index (χ2n) is 5.17. The molecule has 0 radical (unpaired) electrons. The number of halogens is 3. The van der Waals surface area contributed by atoms with Crippen molar-refractivity contribution in [3.8, 4) is 0 Å². The molecular weight excluding hydrogens is 229 g/mol. The molecule has 2 nitrogen and oxygen atoms in total. The highest BCUT2D eigenvalue weighted by Gasteiger charge is 2.29. The van der Waals surface area contributed by atoms with Gasteiger partial charge in [0, 0.05) is 19.1 Å². The van der Waals surface area contributed by atoms with E-state index in [1.807, 2.05) is 18.7 Å². The van der Waals surface area contributed by atoms with Gasteiger partial charge in [-0.3, -0.25) is 0 Å². The maximum absolute atomic E-state index is 12.2. The van der Waals surface area contributed by atoms with Gasteiger partial charge in [-0.25, -0.2) is 0 Å². The van der Waals surface area contributed by atoms with Crippen molar-refractivity contribution in [3.05, 3.63) is 0 Å². The van der Waals surface area contributed by atoms with Gasteiger partial charge in [-0.1, -0.05) is 0 Å². The van der Waals surface area contributed by atoms with Crippen LogP contribution in [0.4, 0.5) is 13.2 Å². The number of hydrogen-bond donors (Lipinski definition) is 1. The fourth-order valence-electron chi connectivity index (χ4n) is 2.24. The summed E-state index contributed by atoms with van der Waals surface area (Å²) in [6, 6.07) is 0.180. The number of nitrogens with zero attached hydrogens (tertiary/aromatic N) is 1. The van der Waals surface area contributed by atoms with Gasteiger partial charge >= 0.3 is 6.18 Å². The van der Waals surface area contributed by atoms with Crippen molar-refractivity contribution in [1.82, 2.24) is 10.2 Å². The Morgan fingerprint density at radius 3 is 2.53 bits per heavy atom. The third-order valence-electron chi connectivity index (χ3n) is 3.30. The summed E-state index contributed by atoms with van der Waals surface area (Å²) in [5.41, 5.74) is 0. The van der Waals surface area contributed by atoms with Gasteiger partial charge in [0.05, 0.1) is 6.42 Å². The highest BCUT2D eigenvalue weighted by Crippen LogP contribution is 2.21. The summed E-state index contributed by atoms with van der Waals surface area (Å²) in [6.45, 7) is 6.81. The first-order valence-electron chi connectivity index (χ1n) is 6.40. The number of nitrogens with one attached hydrogen (secondary N) is 1. The number of hydrogen-bond acceptors (Lipinski definition) is 2. The van der Waals surface area contributed by atoms with Crippen LogP contribution in [-0.4, -0.2) is 43.3 Å². The van der Waals surface area contributed by atoms with Gasteiger partial charge < -0.3 is 10.2 Å². The van der Waals surface area contributed by atoms with Crippen LogP contribution < -0.4 is 5.32 Å². The van der Waals surface area contributed by atoms with Crippen LogP contribution in [0.2, 0.25) is 0 Å². The minimum atomic E-state index is -4.04. The van der Waals surface area contributed by atoms with Crippen molar-refractivity contribution >= 4 is 0 Å². The van der Waals surface area contributed by atoms with E-state index in [0.29, 0.717) is 5.92 Å². The van der Waals surface area contributed by atoms with E-state index in [0.717, 1.165) is 32.5 Å². The standard InChI is InChI=1S/C12H23F3N2/c1-10(2)17(7-5-12(13,14)15)9-11-4-3-6-16-8-11/h10-11,16H,3-9H2,1-2H3. The fourth-order valence-corrected chi connectivity index (χ4v) is 2.24. The molecule has 0 aromatic rings. The molecule has 1 aliphatic heterocycles. The van der Waals surface area contributed by atoms with E-state index in [9.17, 15) is 13.2 Å². The summed E-state index contributed by atoms with van der Waals surface area (Å²) >= 11 is 0. The van der Waals surface area contributed by atoms with E-state index in [-0.39, 0.29) is 12.6 Å². The lowest BCUT2D eigenvalue weighted by Gasteiger charge is -2.33. The van der Waals surface area contributed by atoms with E-state index in [2.05, 4.69) is 5.32 Å². The zero-order valence-corrected chi connectivity index (χ0v) is 10.7. The first-order chi connectivity index (χ1) is 7.88. The molecule has 1 fully saturated rings. The Morgan fingerprint density at radius 2 is 2.06 bits per heavy atom. The van der Waals surface area contributed by atoms with Crippen molar-refractivity contribution in [2.75, 3.05) is 26.2 Å². The Hall–Kier alpha value is -0.290. The van der Waals surface area contributed by atoms with Gasteiger partial charge in [-0.2, -0.15) is 13.2 Å². The zero-order chi connectivity index (χ0) is 12.9. The van der Waals surface area contributed by atoms with Crippen LogP contribution in [0.15, 0.2) is 0 Å². The SMILES string of the molecule is CC(C)N(CCC(F)(F)F)CC1CCCNC1. The molecule has 1 atom stereocenters. The van der Waals surface area contributed by atoms with Gasteiger partial charge in [0.15, 0.2) is 0 Å². The molecule has 0 amide bonds.